The Hall–Kier alpha value is -2.47. The second kappa shape index (κ2) is 8.95. The van der Waals surface area contributed by atoms with Gasteiger partial charge in [0.05, 0.1) is 31.6 Å². The first kappa shape index (κ1) is 19.3. The molecule has 1 N–H and O–H groups in total. The third kappa shape index (κ3) is 5.26. The number of pyridine rings is 1. The molecule has 6 nitrogen and oxygen atoms in total. The van der Waals surface area contributed by atoms with E-state index >= 15 is 0 Å². The smallest absolute Gasteiger partial charge is 0.224 e. The third-order valence-electron chi connectivity index (χ3n) is 4.87. The molecule has 0 saturated heterocycles. The summed E-state index contributed by atoms with van der Waals surface area (Å²) in [5, 5.41) is 9.86. The molecule has 144 valence electrons. The lowest BCUT2D eigenvalue weighted by molar-refractivity contribution is 0.212. The summed E-state index contributed by atoms with van der Waals surface area (Å²) in [6.45, 7) is 4.61. The standard InChI is InChI=1S/C15H20N2O2.C6H7NO/c1-9-12(5-6-14(9)18)13-7-16-10(2)17-15(13)19-8-11-3-4-11;1-8-6-3-2-4-7-5-6/h7,11,14,18H,3-6,8H2,1-2H3;2-5H,1H3. The van der Waals surface area contributed by atoms with Crippen molar-refractivity contribution in [2.45, 2.75) is 45.6 Å². The highest BCUT2D eigenvalue weighted by atomic mass is 16.5. The van der Waals surface area contributed by atoms with Gasteiger partial charge in [0.2, 0.25) is 5.88 Å². The van der Waals surface area contributed by atoms with Crippen LogP contribution in [0.1, 0.15) is 44.0 Å². The second-order valence-electron chi connectivity index (χ2n) is 7.00. The monoisotopic (exact) mass is 369 g/mol. The van der Waals surface area contributed by atoms with E-state index in [4.69, 9.17) is 9.47 Å². The molecule has 2 aromatic rings. The molecular weight excluding hydrogens is 342 g/mol. The Labute approximate surface area is 160 Å². The summed E-state index contributed by atoms with van der Waals surface area (Å²) < 4.78 is 10.7. The van der Waals surface area contributed by atoms with Crippen LogP contribution in [0.15, 0.2) is 36.3 Å². The molecule has 0 radical (unpaired) electrons. The Bertz CT molecular complexity index is 789. The molecule has 4 rings (SSSR count). The summed E-state index contributed by atoms with van der Waals surface area (Å²) in [7, 11) is 1.62. The van der Waals surface area contributed by atoms with Crippen LogP contribution in [0.3, 0.4) is 0 Å². The summed E-state index contributed by atoms with van der Waals surface area (Å²) in [6.07, 6.45) is 9.08. The van der Waals surface area contributed by atoms with E-state index < -0.39 is 0 Å². The van der Waals surface area contributed by atoms with Gasteiger partial charge in [0, 0.05) is 12.4 Å². The number of aliphatic hydroxyl groups excluding tert-OH is 1. The van der Waals surface area contributed by atoms with Gasteiger partial charge in [0.1, 0.15) is 11.6 Å². The fraction of sp³-hybridized carbons (Fsp3) is 0.476. The fourth-order valence-corrected chi connectivity index (χ4v) is 2.96. The molecular formula is C21H27N3O3. The number of ether oxygens (including phenoxy) is 2. The van der Waals surface area contributed by atoms with Crippen LogP contribution in [0.4, 0.5) is 0 Å². The largest absolute Gasteiger partial charge is 0.495 e. The number of aromatic nitrogens is 3. The minimum atomic E-state index is -0.326. The molecule has 2 aromatic heterocycles. The Balaban J connectivity index is 0.000000221. The lowest BCUT2D eigenvalue weighted by Gasteiger charge is -2.12. The number of rotatable bonds is 5. The van der Waals surface area contributed by atoms with E-state index in [0.717, 1.165) is 47.7 Å². The summed E-state index contributed by atoms with van der Waals surface area (Å²) in [4.78, 5) is 12.5. The lowest BCUT2D eigenvalue weighted by Crippen LogP contribution is -2.06. The number of hydrogen-bond donors (Lipinski definition) is 1. The molecule has 0 aromatic carbocycles. The minimum Gasteiger partial charge on any atom is -0.495 e. The Kier molecular flexibility index (Phi) is 6.40. The average molecular weight is 369 g/mol. The van der Waals surface area contributed by atoms with Crippen LogP contribution in [0.2, 0.25) is 0 Å². The average Bonchev–Trinajstić information content (AvgIpc) is 3.47. The number of methoxy groups -OCH3 is 1. The van der Waals surface area contributed by atoms with Gasteiger partial charge in [-0.2, -0.15) is 4.98 Å². The molecule has 1 unspecified atom stereocenters. The zero-order valence-corrected chi connectivity index (χ0v) is 16.2. The summed E-state index contributed by atoms with van der Waals surface area (Å²) in [5.41, 5.74) is 3.14. The van der Waals surface area contributed by atoms with E-state index in [9.17, 15) is 5.11 Å². The van der Waals surface area contributed by atoms with Crippen molar-refractivity contribution in [1.82, 2.24) is 15.0 Å². The van der Waals surface area contributed by atoms with Gasteiger partial charge in [-0.1, -0.05) is 0 Å². The predicted octanol–water partition coefficient (Wildman–Crippen LogP) is 3.59. The van der Waals surface area contributed by atoms with Gasteiger partial charge in [-0.3, -0.25) is 4.98 Å². The van der Waals surface area contributed by atoms with Gasteiger partial charge in [0.25, 0.3) is 0 Å². The van der Waals surface area contributed by atoms with Crippen LogP contribution in [0.5, 0.6) is 11.6 Å². The number of aliphatic hydroxyl groups is 1. The van der Waals surface area contributed by atoms with Crippen molar-refractivity contribution in [3.63, 3.8) is 0 Å². The van der Waals surface area contributed by atoms with Crippen LogP contribution in [0.25, 0.3) is 5.57 Å². The topological polar surface area (TPSA) is 77.4 Å². The number of nitrogens with zero attached hydrogens (tertiary/aromatic N) is 3. The summed E-state index contributed by atoms with van der Waals surface area (Å²) in [5.74, 6) is 2.91. The Morgan fingerprint density at radius 2 is 2.00 bits per heavy atom. The zero-order valence-electron chi connectivity index (χ0n) is 16.2. The van der Waals surface area contributed by atoms with Crippen molar-refractivity contribution < 1.29 is 14.6 Å². The number of hydrogen-bond acceptors (Lipinski definition) is 6. The van der Waals surface area contributed by atoms with Crippen molar-refractivity contribution in [2.24, 2.45) is 5.92 Å². The van der Waals surface area contributed by atoms with Crippen LogP contribution < -0.4 is 9.47 Å². The molecule has 1 atom stereocenters. The van der Waals surface area contributed by atoms with Gasteiger partial charge in [-0.15, -0.1) is 0 Å². The maximum Gasteiger partial charge on any atom is 0.224 e. The van der Waals surface area contributed by atoms with Crippen molar-refractivity contribution in [3.05, 3.63) is 47.7 Å². The molecule has 0 bridgehead atoms. The maximum atomic E-state index is 9.86. The summed E-state index contributed by atoms with van der Waals surface area (Å²) >= 11 is 0. The van der Waals surface area contributed by atoms with Crippen molar-refractivity contribution in [2.75, 3.05) is 13.7 Å². The van der Waals surface area contributed by atoms with Crippen LogP contribution in [0, 0.1) is 12.8 Å². The normalized spacial score (nSPS) is 18.7. The SMILES string of the molecule is CC1=C(c2cnc(C)nc2OCC2CC2)CCC1O.COc1cccnc1. The van der Waals surface area contributed by atoms with E-state index in [1.807, 2.05) is 32.2 Å². The van der Waals surface area contributed by atoms with E-state index in [1.165, 1.54) is 12.8 Å². The van der Waals surface area contributed by atoms with Crippen LogP contribution in [-0.2, 0) is 0 Å². The van der Waals surface area contributed by atoms with Crippen molar-refractivity contribution >= 4 is 5.57 Å². The number of aryl methyl sites for hydroxylation is 1. The van der Waals surface area contributed by atoms with Crippen molar-refractivity contribution in [3.8, 4) is 11.6 Å². The zero-order chi connectivity index (χ0) is 19.2. The lowest BCUT2D eigenvalue weighted by atomic mass is 10.1. The fourth-order valence-electron chi connectivity index (χ4n) is 2.96. The van der Waals surface area contributed by atoms with Gasteiger partial charge >= 0.3 is 0 Å². The molecule has 6 heteroatoms. The predicted molar refractivity (Wildman–Crippen MR) is 104 cm³/mol. The van der Waals surface area contributed by atoms with Gasteiger partial charge in [0.15, 0.2) is 0 Å². The first-order valence-corrected chi connectivity index (χ1v) is 9.37. The Morgan fingerprint density at radius 3 is 2.56 bits per heavy atom. The molecule has 1 saturated carbocycles. The van der Waals surface area contributed by atoms with Crippen LogP contribution >= 0.6 is 0 Å². The molecule has 2 heterocycles. The first-order valence-electron chi connectivity index (χ1n) is 9.37. The second-order valence-corrected chi connectivity index (χ2v) is 7.00. The van der Waals surface area contributed by atoms with Crippen LogP contribution in [-0.4, -0.2) is 39.9 Å². The molecule has 0 spiro atoms. The highest BCUT2D eigenvalue weighted by molar-refractivity contribution is 5.73. The van der Waals surface area contributed by atoms with Crippen molar-refractivity contribution in [1.29, 1.82) is 0 Å². The maximum absolute atomic E-state index is 9.86. The molecule has 2 aliphatic rings. The third-order valence-corrected chi connectivity index (χ3v) is 4.87. The molecule has 1 fully saturated rings. The minimum absolute atomic E-state index is 0.326. The van der Waals surface area contributed by atoms with Gasteiger partial charge < -0.3 is 14.6 Å². The first-order chi connectivity index (χ1) is 13.1. The molecule has 27 heavy (non-hydrogen) atoms. The molecule has 0 aliphatic heterocycles. The van der Waals surface area contributed by atoms with E-state index in [1.54, 1.807) is 19.5 Å². The van der Waals surface area contributed by atoms with E-state index in [0.29, 0.717) is 11.8 Å². The molecule has 2 aliphatic carbocycles. The van der Waals surface area contributed by atoms with E-state index in [2.05, 4.69) is 15.0 Å². The van der Waals surface area contributed by atoms with Gasteiger partial charge in [-0.25, -0.2) is 4.98 Å². The molecule has 0 amide bonds. The highest BCUT2D eigenvalue weighted by Gasteiger charge is 2.26. The summed E-state index contributed by atoms with van der Waals surface area (Å²) in [6, 6.07) is 3.69. The highest BCUT2D eigenvalue weighted by Crippen LogP contribution is 2.38. The quantitative estimate of drug-likeness (QED) is 0.868. The number of allylic oxidation sites excluding steroid dienone is 1. The van der Waals surface area contributed by atoms with E-state index in [-0.39, 0.29) is 6.10 Å². The van der Waals surface area contributed by atoms with Gasteiger partial charge in [-0.05, 0) is 68.7 Å². The Morgan fingerprint density at radius 1 is 1.19 bits per heavy atom.